The molecule has 0 bridgehead atoms. The van der Waals surface area contributed by atoms with Crippen LogP contribution in [-0.2, 0) is 0 Å². The number of aromatic hydroxyl groups is 1. The predicted octanol–water partition coefficient (Wildman–Crippen LogP) is 9.00. The summed E-state index contributed by atoms with van der Waals surface area (Å²) in [6.45, 7) is 0. The maximum absolute atomic E-state index is 12.7. The van der Waals surface area contributed by atoms with E-state index in [0.29, 0.717) is 27.2 Å². The largest absolute Gasteiger partial charge is 0.506 e. The number of aromatic carboxylic acids is 1. The van der Waals surface area contributed by atoms with Crippen LogP contribution in [0.1, 0.15) is 10.4 Å². The highest BCUT2D eigenvalue weighted by molar-refractivity contribution is 14.1. The van der Waals surface area contributed by atoms with Crippen molar-refractivity contribution >= 4 is 154 Å². The van der Waals surface area contributed by atoms with Crippen LogP contribution in [0.3, 0.4) is 0 Å². The summed E-state index contributed by atoms with van der Waals surface area (Å²) in [6.07, 6.45) is 0. The molecule has 0 aromatic heterocycles. The third-order valence-electron chi connectivity index (χ3n) is 4.75. The van der Waals surface area contributed by atoms with E-state index in [0.717, 1.165) is 0 Å². The summed E-state index contributed by atoms with van der Waals surface area (Å²) in [7, 11) is 0. The number of rotatable bonds is 2. The molecule has 170 valence electrons. The molecule has 2 aromatic rings. The first-order valence-electron chi connectivity index (χ1n) is 8.43. The maximum atomic E-state index is 12.7. The zero-order valence-electron chi connectivity index (χ0n) is 15.3. The third kappa shape index (κ3) is 4.23. The lowest BCUT2D eigenvalue weighted by atomic mass is 9.90. The Morgan fingerprint density at radius 1 is 0.848 bits per heavy atom. The van der Waals surface area contributed by atoms with Gasteiger partial charge in [-0.25, -0.2) is 4.79 Å². The number of halogens is 8. The Morgan fingerprint density at radius 2 is 1.45 bits per heavy atom. The first-order valence-corrected chi connectivity index (χ1v) is 14.3. The summed E-state index contributed by atoms with van der Waals surface area (Å²) in [5, 5.41) is 20.3. The van der Waals surface area contributed by atoms with Crippen LogP contribution in [0.4, 0.5) is 0 Å². The number of phenolic OH excluding ortho intramolecular Hbond substituents is 1. The highest BCUT2D eigenvalue weighted by atomic mass is 125. The first kappa shape index (κ1) is 26.5. The van der Waals surface area contributed by atoms with Crippen LogP contribution in [0.5, 0.6) is 5.75 Å². The summed E-state index contributed by atoms with van der Waals surface area (Å²) in [5.74, 6) is -1.18. The van der Waals surface area contributed by atoms with Gasteiger partial charge in [-0.3, -0.25) is 4.79 Å². The lowest BCUT2D eigenvalue weighted by Crippen LogP contribution is -2.13. The fourth-order valence-corrected chi connectivity index (χ4v) is 7.93. The van der Waals surface area contributed by atoms with Gasteiger partial charge in [0.2, 0.25) is 5.43 Å². The average Bonchev–Trinajstić information content (AvgIpc) is 2.76. The van der Waals surface area contributed by atoms with Crippen molar-refractivity contribution in [1.29, 1.82) is 0 Å². The molecule has 5 nitrogen and oxygen atoms in total. The van der Waals surface area contributed by atoms with Gasteiger partial charge >= 0.3 is 5.97 Å². The van der Waals surface area contributed by atoms with Crippen molar-refractivity contribution in [1.82, 2.24) is 0 Å². The second-order valence-corrected chi connectivity index (χ2v) is 12.6. The predicted molar refractivity (Wildman–Crippen MR) is 164 cm³/mol. The number of fused-ring (bicyclic) bond motifs is 2. The maximum Gasteiger partial charge on any atom is 0.337 e. The fraction of sp³-hybridized carbons (Fsp3) is 0. The monoisotopic (exact) mass is 963 g/mol. The Morgan fingerprint density at radius 3 is 2.06 bits per heavy atom. The second kappa shape index (κ2) is 9.74. The van der Waals surface area contributed by atoms with Crippen LogP contribution in [0.15, 0.2) is 21.3 Å². The van der Waals surface area contributed by atoms with E-state index in [1.165, 1.54) is 0 Å². The van der Waals surface area contributed by atoms with Gasteiger partial charge in [0, 0.05) is 22.1 Å². The SMILES string of the molecule is O=C(O)c1c(Cl)c(Cl)c(Cl)c(Cl)c1-c1c2cc([125I])c(=O)c([125I])c-2oc2c([125I])c(O)c([125I])cc12. The molecular formula is C20H4Cl4I4O5. The molecule has 33 heavy (non-hydrogen) atoms. The van der Waals surface area contributed by atoms with Gasteiger partial charge in [-0.15, -0.1) is 0 Å². The van der Waals surface area contributed by atoms with Crippen molar-refractivity contribution < 1.29 is 19.4 Å². The van der Waals surface area contributed by atoms with Crippen molar-refractivity contribution in [2.75, 3.05) is 0 Å². The molecule has 0 saturated carbocycles. The molecule has 0 spiro atoms. The Kier molecular flexibility index (Phi) is 7.84. The molecule has 1 heterocycles. The highest BCUT2D eigenvalue weighted by Gasteiger charge is 2.32. The second-order valence-electron chi connectivity index (χ2n) is 6.56. The standard InChI is InChI=1S/C20H4Cl4I4O5/c21-10-8(9(20(31)32)11(22)13(24)12(10)23)7-3-1-5(25)16(29)14(27)18(3)33-19-4(7)2-6(26)17(30)15(19)28/h1-2,29H,(H,31,32)/i25-2,26-2,27-2,28-2. The van der Waals surface area contributed by atoms with Crippen molar-refractivity contribution in [3.8, 4) is 28.2 Å². The molecule has 2 aliphatic rings. The molecule has 2 aromatic carbocycles. The van der Waals surface area contributed by atoms with Crippen LogP contribution >= 0.6 is 137 Å². The lowest BCUT2D eigenvalue weighted by Gasteiger charge is -2.21. The number of hydrogen-bond acceptors (Lipinski definition) is 4. The van der Waals surface area contributed by atoms with Gasteiger partial charge in [0.1, 0.15) is 9.32 Å². The van der Waals surface area contributed by atoms with Gasteiger partial charge in [0.05, 0.1) is 36.4 Å². The summed E-state index contributed by atoms with van der Waals surface area (Å²) < 4.78 is 7.64. The van der Waals surface area contributed by atoms with Crippen molar-refractivity contribution in [2.24, 2.45) is 0 Å². The molecule has 0 fully saturated rings. The summed E-state index contributed by atoms with van der Waals surface area (Å²) in [6, 6.07) is 3.22. The minimum atomic E-state index is -1.37. The minimum Gasteiger partial charge on any atom is -0.506 e. The molecule has 4 rings (SSSR count). The van der Waals surface area contributed by atoms with Crippen LogP contribution in [0.2, 0.25) is 20.1 Å². The van der Waals surface area contributed by atoms with E-state index in [2.05, 4.69) is 0 Å². The van der Waals surface area contributed by atoms with E-state index < -0.39 is 5.97 Å². The van der Waals surface area contributed by atoms with Crippen molar-refractivity contribution in [3.63, 3.8) is 0 Å². The number of carboxylic acids is 1. The van der Waals surface area contributed by atoms with E-state index in [4.69, 9.17) is 50.8 Å². The molecule has 0 radical (unpaired) electrons. The fourth-order valence-electron chi connectivity index (χ4n) is 3.33. The van der Waals surface area contributed by atoms with Crippen LogP contribution in [-0.4, -0.2) is 16.2 Å². The van der Waals surface area contributed by atoms with E-state index in [1.807, 2.05) is 90.4 Å². The number of phenols is 1. The molecule has 1 aliphatic carbocycles. The summed E-state index contributed by atoms with van der Waals surface area (Å²) in [5.41, 5.74) is 0.423. The molecule has 1 aliphatic heterocycles. The van der Waals surface area contributed by atoms with E-state index in [1.54, 1.807) is 12.1 Å². The molecule has 0 unspecified atom stereocenters. The molecule has 0 saturated heterocycles. The molecular weight excluding hydrogens is 962 g/mol. The molecule has 0 atom stereocenters. The van der Waals surface area contributed by atoms with Gasteiger partial charge in [0.15, 0.2) is 11.3 Å². The van der Waals surface area contributed by atoms with Crippen molar-refractivity contribution in [3.05, 3.63) is 62.3 Å². The van der Waals surface area contributed by atoms with Crippen LogP contribution in [0, 0.1) is 14.3 Å². The number of carboxylic acid groups (broad SMARTS) is 1. The van der Waals surface area contributed by atoms with E-state index >= 15 is 0 Å². The third-order valence-corrected chi connectivity index (χ3v) is 10.2. The van der Waals surface area contributed by atoms with Gasteiger partial charge in [-0.1, -0.05) is 46.4 Å². The number of benzene rings is 3. The van der Waals surface area contributed by atoms with E-state index in [9.17, 15) is 19.8 Å². The zero-order valence-corrected chi connectivity index (χ0v) is 27.0. The van der Waals surface area contributed by atoms with Gasteiger partial charge in [0.25, 0.3) is 0 Å². The Hall–Kier alpha value is 0.480. The van der Waals surface area contributed by atoms with Gasteiger partial charge < -0.3 is 14.6 Å². The number of hydrogen-bond donors (Lipinski definition) is 2. The average molecular weight is 966 g/mol. The molecule has 13 heteroatoms. The summed E-state index contributed by atoms with van der Waals surface area (Å²) in [4.78, 5) is 25.0. The quantitative estimate of drug-likeness (QED) is 0.0908. The van der Waals surface area contributed by atoms with Crippen molar-refractivity contribution in [2.45, 2.75) is 0 Å². The Bertz CT molecular complexity index is 1570. The van der Waals surface area contributed by atoms with E-state index in [-0.39, 0.29) is 57.3 Å². The first-order chi connectivity index (χ1) is 15.4. The highest BCUT2D eigenvalue weighted by Crippen LogP contribution is 2.52. The Labute approximate surface area is 260 Å². The molecule has 2 N–H and O–H groups in total. The number of carbonyl (C=O) groups is 1. The Balaban J connectivity index is 2.43. The zero-order chi connectivity index (χ0) is 24.5. The van der Waals surface area contributed by atoms with Gasteiger partial charge in [-0.2, -0.15) is 0 Å². The van der Waals surface area contributed by atoms with Crippen LogP contribution in [0.25, 0.3) is 33.4 Å². The normalized spacial score (nSPS) is 11.5. The molecule has 0 amide bonds. The lowest BCUT2D eigenvalue weighted by molar-refractivity contribution is 0.0698. The smallest absolute Gasteiger partial charge is 0.337 e. The summed E-state index contributed by atoms with van der Waals surface area (Å²) >= 11 is 33.1. The van der Waals surface area contributed by atoms with Crippen LogP contribution < -0.4 is 5.43 Å². The van der Waals surface area contributed by atoms with Gasteiger partial charge in [-0.05, 0) is 102 Å². The topological polar surface area (TPSA) is 87.7 Å². The minimum absolute atomic E-state index is 0.0163.